The van der Waals surface area contributed by atoms with E-state index in [9.17, 15) is 4.79 Å². The maximum Gasteiger partial charge on any atom is 0.322 e. The number of piperazine rings is 1. The molecule has 1 atom stereocenters. The van der Waals surface area contributed by atoms with E-state index in [1.807, 2.05) is 4.90 Å². The van der Waals surface area contributed by atoms with Gasteiger partial charge in [0.05, 0.1) is 6.04 Å². The van der Waals surface area contributed by atoms with Crippen LogP contribution in [0.15, 0.2) is 36.5 Å². The molecule has 1 fully saturated rings. The van der Waals surface area contributed by atoms with Crippen molar-refractivity contribution in [2.45, 2.75) is 19.9 Å². The van der Waals surface area contributed by atoms with E-state index in [1.54, 1.807) is 36.5 Å². The normalized spacial score (nSPS) is 17.5. The van der Waals surface area contributed by atoms with Gasteiger partial charge < -0.3 is 15.1 Å². The van der Waals surface area contributed by atoms with Crippen molar-refractivity contribution >= 4 is 40.9 Å². The number of amides is 2. The van der Waals surface area contributed by atoms with Crippen LogP contribution < -0.4 is 10.2 Å². The van der Waals surface area contributed by atoms with Crippen molar-refractivity contribution < 1.29 is 4.79 Å². The number of carbonyl (C=O) groups is 1. The summed E-state index contributed by atoms with van der Waals surface area (Å²) < 4.78 is 0. The summed E-state index contributed by atoms with van der Waals surface area (Å²) in [6, 6.07) is 8.68. The SMILES string of the molecule is CC(C)C1CN(c2nccc(Cl)n2)CCN1C(=O)Nc1ccc(Cl)cc1. The molecule has 0 radical (unpaired) electrons. The molecular weight excluding hydrogens is 373 g/mol. The Morgan fingerprint density at radius 2 is 1.92 bits per heavy atom. The molecule has 0 saturated carbocycles. The lowest BCUT2D eigenvalue weighted by molar-refractivity contribution is 0.156. The highest BCUT2D eigenvalue weighted by Gasteiger charge is 2.33. The fourth-order valence-electron chi connectivity index (χ4n) is 3.02. The van der Waals surface area contributed by atoms with Crippen molar-refractivity contribution in [1.82, 2.24) is 14.9 Å². The van der Waals surface area contributed by atoms with Crippen LogP contribution >= 0.6 is 23.2 Å². The van der Waals surface area contributed by atoms with Gasteiger partial charge in [-0.15, -0.1) is 0 Å². The predicted molar refractivity (Wildman–Crippen MR) is 105 cm³/mol. The maximum atomic E-state index is 12.8. The monoisotopic (exact) mass is 393 g/mol. The van der Waals surface area contributed by atoms with E-state index >= 15 is 0 Å². The van der Waals surface area contributed by atoms with E-state index in [-0.39, 0.29) is 18.0 Å². The number of hydrogen-bond acceptors (Lipinski definition) is 4. The quantitative estimate of drug-likeness (QED) is 0.795. The number of rotatable bonds is 3. The zero-order chi connectivity index (χ0) is 18.7. The molecule has 2 heterocycles. The number of halogens is 2. The molecule has 6 nitrogen and oxygen atoms in total. The third-order valence-corrected chi connectivity index (χ3v) is 4.90. The number of carbonyl (C=O) groups excluding carboxylic acids is 1. The number of anilines is 2. The highest BCUT2D eigenvalue weighted by Crippen LogP contribution is 2.22. The lowest BCUT2D eigenvalue weighted by Crippen LogP contribution is -2.58. The van der Waals surface area contributed by atoms with Gasteiger partial charge in [0.25, 0.3) is 0 Å². The first kappa shape index (κ1) is 18.7. The van der Waals surface area contributed by atoms with Crippen LogP contribution in [0.4, 0.5) is 16.4 Å². The van der Waals surface area contributed by atoms with E-state index in [0.717, 1.165) is 5.69 Å². The topological polar surface area (TPSA) is 61.4 Å². The van der Waals surface area contributed by atoms with Crippen LogP contribution in [0.1, 0.15) is 13.8 Å². The highest BCUT2D eigenvalue weighted by atomic mass is 35.5. The van der Waals surface area contributed by atoms with Crippen LogP contribution in [0, 0.1) is 5.92 Å². The van der Waals surface area contributed by atoms with Crippen LogP contribution in [0.2, 0.25) is 10.2 Å². The predicted octanol–water partition coefficient (Wildman–Crippen LogP) is 4.16. The van der Waals surface area contributed by atoms with Crippen molar-refractivity contribution in [2.75, 3.05) is 29.9 Å². The molecule has 0 bridgehead atoms. The number of hydrogen-bond donors (Lipinski definition) is 1. The zero-order valence-electron chi connectivity index (χ0n) is 14.7. The van der Waals surface area contributed by atoms with Gasteiger partial charge in [0.2, 0.25) is 5.95 Å². The van der Waals surface area contributed by atoms with Crippen molar-refractivity contribution in [3.05, 3.63) is 46.7 Å². The Morgan fingerprint density at radius 1 is 1.19 bits per heavy atom. The largest absolute Gasteiger partial charge is 0.337 e. The first-order chi connectivity index (χ1) is 12.4. The summed E-state index contributed by atoms with van der Waals surface area (Å²) in [5, 5.41) is 4.00. The molecule has 1 aromatic carbocycles. The molecule has 26 heavy (non-hydrogen) atoms. The van der Waals surface area contributed by atoms with Crippen LogP contribution in [0.3, 0.4) is 0 Å². The summed E-state index contributed by atoms with van der Waals surface area (Å²) in [5.74, 6) is 0.883. The minimum atomic E-state index is -0.113. The molecule has 2 amide bonds. The smallest absolute Gasteiger partial charge is 0.322 e. The van der Waals surface area contributed by atoms with E-state index in [2.05, 4.69) is 34.0 Å². The van der Waals surface area contributed by atoms with Gasteiger partial charge >= 0.3 is 6.03 Å². The summed E-state index contributed by atoms with van der Waals surface area (Å²) >= 11 is 11.9. The maximum absolute atomic E-state index is 12.8. The van der Waals surface area contributed by atoms with E-state index in [4.69, 9.17) is 23.2 Å². The number of nitrogens with zero attached hydrogens (tertiary/aromatic N) is 4. The summed E-state index contributed by atoms with van der Waals surface area (Å²) in [7, 11) is 0. The van der Waals surface area contributed by atoms with E-state index in [0.29, 0.717) is 35.8 Å². The van der Waals surface area contributed by atoms with Gasteiger partial charge in [-0.3, -0.25) is 0 Å². The Balaban J connectivity index is 1.72. The van der Waals surface area contributed by atoms with Crippen molar-refractivity contribution in [3.63, 3.8) is 0 Å². The molecule has 0 spiro atoms. The molecule has 1 N–H and O–H groups in total. The van der Waals surface area contributed by atoms with Gasteiger partial charge in [-0.25, -0.2) is 14.8 Å². The molecule has 1 aromatic heterocycles. The second-order valence-corrected chi connectivity index (χ2v) is 7.39. The molecule has 138 valence electrons. The lowest BCUT2D eigenvalue weighted by Gasteiger charge is -2.43. The molecule has 0 aliphatic carbocycles. The fourth-order valence-corrected chi connectivity index (χ4v) is 3.28. The minimum absolute atomic E-state index is 0.0404. The number of nitrogens with one attached hydrogen (secondary N) is 1. The van der Waals surface area contributed by atoms with Crippen molar-refractivity contribution in [2.24, 2.45) is 5.92 Å². The number of urea groups is 1. The second kappa shape index (κ2) is 8.10. The third kappa shape index (κ3) is 4.37. The van der Waals surface area contributed by atoms with Crippen molar-refractivity contribution in [3.8, 4) is 0 Å². The summed E-state index contributed by atoms with van der Waals surface area (Å²) in [6.45, 7) is 6.10. The number of aromatic nitrogens is 2. The van der Waals surface area contributed by atoms with Crippen LogP contribution in [0.25, 0.3) is 0 Å². The zero-order valence-corrected chi connectivity index (χ0v) is 16.2. The van der Waals surface area contributed by atoms with E-state index in [1.165, 1.54) is 0 Å². The summed E-state index contributed by atoms with van der Waals surface area (Å²) in [5.41, 5.74) is 0.725. The Morgan fingerprint density at radius 3 is 2.58 bits per heavy atom. The Bertz CT molecular complexity index is 768. The number of benzene rings is 1. The first-order valence-corrected chi connectivity index (χ1v) is 9.26. The molecule has 3 rings (SSSR count). The molecule has 1 saturated heterocycles. The van der Waals surface area contributed by atoms with Gasteiger partial charge in [-0.1, -0.05) is 37.0 Å². The third-order valence-electron chi connectivity index (χ3n) is 4.44. The molecule has 8 heteroatoms. The average molecular weight is 394 g/mol. The minimum Gasteiger partial charge on any atom is -0.337 e. The van der Waals surface area contributed by atoms with Gasteiger partial charge in [0.15, 0.2) is 0 Å². The van der Waals surface area contributed by atoms with Gasteiger partial charge in [-0.05, 0) is 36.2 Å². The Kier molecular flexibility index (Phi) is 5.84. The lowest BCUT2D eigenvalue weighted by atomic mass is 10.00. The summed E-state index contributed by atoms with van der Waals surface area (Å²) in [6.07, 6.45) is 1.65. The summed E-state index contributed by atoms with van der Waals surface area (Å²) in [4.78, 5) is 25.3. The molecule has 1 aliphatic heterocycles. The van der Waals surface area contributed by atoms with Gasteiger partial charge in [0.1, 0.15) is 5.15 Å². The van der Waals surface area contributed by atoms with Gasteiger partial charge in [-0.2, -0.15) is 0 Å². The first-order valence-electron chi connectivity index (χ1n) is 8.50. The van der Waals surface area contributed by atoms with Crippen LogP contribution in [0.5, 0.6) is 0 Å². The van der Waals surface area contributed by atoms with Crippen molar-refractivity contribution in [1.29, 1.82) is 0 Å². The van der Waals surface area contributed by atoms with Crippen LogP contribution in [-0.4, -0.2) is 46.6 Å². The Labute approximate surface area is 163 Å². The fraction of sp³-hybridized carbons (Fsp3) is 0.389. The molecular formula is C18H21Cl2N5O. The molecule has 1 aliphatic rings. The van der Waals surface area contributed by atoms with E-state index < -0.39 is 0 Å². The average Bonchev–Trinajstić information content (AvgIpc) is 2.63. The second-order valence-electron chi connectivity index (χ2n) is 6.57. The highest BCUT2D eigenvalue weighted by molar-refractivity contribution is 6.30. The molecule has 2 aromatic rings. The van der Waals surface area contributed by atoms with Gasteiger partial charge in [0, 0.05) is 36.5 Å². The molecule has 1 unspecified atom stereocenters. The Hall–Kier alpha value is -2.05. The van der Waals surface area contributed by atoms with Crippen LogP contribution in [-0.2, 0) is 0 Å². The standard InChI is InChI=1S/C18H21Cl2N5O/c1-12(2)15-11-24(17-21-8-7-16(20)23-17)9-10-25(15)18(26)22-14-5-3-13(19)4-6-14/h3-8,12,15H,9-11H2,1-2H3,(H,22,26).